The Kier molecular flexibility index (Phi) is 2.83. The second-order valence-electron chi connectivity index (χ2n) is 2.83. The van der Waals surface area contributed by atoms with Crippen LogP contribution in [0.25, 0.3) is 0 Å². The average Bonchev–Trinajstić information content (AvgIpc) is 2.49. The van der Waals surface area contributed by atoms with Gasteiger partial charge < -0.3 is 5.11 Å². The Balaban J connectivity index is 2.85. The van der Waals surface area contributed by atoms with Crippen LogP contribution >= 0.6 is 0 Å². The lowest BCUT2D eigenvalue weighted by Crippen LogP contribution is -2.19. The van der Waals surface area contributed by atoms with Gasteiger partial charge in [0.25, 0.3) is 0 Å². The summed E-state index contributed by atoms with van der Waals surface area (Å²) in [4.78, 5) is 10.2. The van der Waals surface area contributed by atoms with E-state index in [1.54, 1.807) is 6.92 Å². The highest BCUT2D eigenvalue weighted by atomic mass is 19.3. The second kappa shape index (κ2) is 3.73. The first kappa shape index (κ1) is 10.6. The van der Waals surface area contributed by atoms with E-state index >= 15 is 0 Å². The van der Waals surface area contributed by atoms with Gasteiger partial charge in [-0.2, -0.15) is 13.9 Å². The standard InChI is InChI=1S/C8H10F2N2O2/c1-2-12-4-3-6(11-12)8(9,10)5-7(13)14/h3-4H,2,5H2,1H3,(H,13,14). The summed E-state index contributed by atoms with van der Waals surface area (Å²) in [6.45, 7) is 2.23. The van der Waals surface area contributed by atoms with E-state index in [1.807, 2.05) is 0 Å². The van der Waals surface area contributed by atoms with Gasteiger partial charge in [-0.3, -0.25) is 9.48 Å². The number of hydrogen-bond donors (Lipinski definition) is 1. The lowest BCUT2D eigenvalue weighted by molar-refractivity contribution is -0.145. The zero-order valence-electron chi connectivity index (χ0n) is 7.57. The van der Waals surface area contributed by atoms with E-state index in [9.17, 15) is 13.6 Å². The molecule has 0 bridgehead atoms. The Labute approximate surface area is 79.2 Å². The third kappa shape index (κ3) is 2.27. The summed E-state index contributed by atoms with van der Waals surface area (Å²) < 4.78 is 27.5. The molecule has 1 N–H and O–H groups in total. The van der Waals surface area contributed by atoms with E-state index in [2.05, 4.69) is 5.10 Å². The number of carboxylic acid groups (broad SMARTS) is 1. The molecule has 0 aliphatic rings. The molecule has 78 valence electrons. The van der Waals surface area contributed by atoms with Crippen molar-refractivity contribution in [1.82, 2.24) is 9.78 Å². The molecular weight excluding hydrogens is 194 g/mol. The molecule has 6 heteroatoms. The maximum absolute atomic E-state index is 13.1. The number of nitrogens with zero attached hydrogens (tertiary/aromatic N) is 2. The number of hydrogen-bond acceptors (Lipinski definition) is 2. The Morgan fingerprint density at radius 3 is 2.79 bits per heavy atom. The number of aryl methyl sites for hydroxylation is 1. The molecule has 1 rings (SSSR count). The minimum atomic E-state index is -3.40. The monoisotopic (exact) mass is 204 g/mol. The number of aromatic nitrogens is 2. The van der Waals surface area contributed by atoms with Crippen LogP contribution in [0.2, 0.25) is 0 Å². The Morgan fingerprint density at radius 1 is 1.71 bits per heavy atom. The van der Waals surface area contributed by atoms with Crippen LogP contribution in [0, 0.1) is 0 Å². The molecule has 14 heavy (non-hydrogen) atoms. The van der Waals surface area contributed by atoms with Crippen LogP contribution < -0.4 is 0 Å². The molecule has 4 nitrogen and oxygen atoms in total. The first-order valence-electron chi connectivity index (χ1n) is 4.09. The summed E-state index contributed by atoms with van der Waals surface area (Å²) in [6.07, 6.45) is 0.165. The smallest absolute Gasteiger partial charge is 0.309 e. The van der Waals surface area contributed by atoms with E-state index in [0.29, 0.717) is 6.54 Å². The van der Waals surface area contributed by atoms with E-state index in [-0.39, 0.29) is 0 Å². The van der Waals surface area contributed by atoms with Crippen molar-refractivity contribution >= 4 is 5.97 Å². The molecule has 0 saturated carbocycles. The fraction of sp³-hybridized carbons (Fsp3) is 0.500. The SMILES string of the molecule is CCn1ccc(C(F)(F)CC(=O)O)n1. The maximum atomic E-state index is 13.1. The summed E-state index contributed by atoms with van der Waals surface area (Å²) in [7, 11) is 0. The van der Waals surface area contributed by atoms with Gasteiger partial charge in [0, 0.05) is 12.7 Å². The summed E-state index contributed by atoms with van der Waals surface area (Å²) in [5.74, 6) is -4.94. The van der Waals surface area contributed by atoms with Gasteiger partial charge in [-0.1, -0.05) is 0 Å². The molecule has 0 atom stereocenters. The van der Waals surface area contributed by atoms with Gasteiger partial charge in [-0.25, -0.2) is 0 Å². The quantitative estimate of drug-likeness (QED) is 0.807. The number of carboxylic acids is 1. The van der Waals surface area contributed by atoms with Gasteiger partial charge in [0.2, 0.25) is 0 Å². The first-order chi connectivity index (χ1) is 6.45. The highest BCUT2D eigenvalue weighted by Gasteiger charge is 2.37. The van der Waals surface area contributed by atoms with Crippen LogP contribution in [-0.2, 0) is 17.3 Å². The fourth-order valence-corrected chi connectivity index (χ4v) is 1.01. The lowest BCUT2D eigenvalue weighted by Gasteiger charge is -2.10. The van der Waals surface area contributed by atoms with E-state index < -0.39 is 24.0 Å². The number of halogens is 2. The molecule has 0 fully saturated rings. The van der Waals surface area contributed by atoms with Crippen molar-refractivity contribution in [2.75, 3.05) is 0 Å². The molecule has 0 aliphatic heterocycles. The molecule has 0 radical (unpaired) electrons. The van der Waals surface area contributed by atoms with Crippen molar-refractivity contribution in [3.05, 3.63) is 18.0 Å². The summed E-state index contributed by atoms with van der Waals surface area (Å²) in [6, 6.07) is 1.13. The van der Waals surface area contributed by atoms with E-state index in [1.165, 1.54) is 10.9 Å². The predicted molar refractivity (Wildman–Crippen MR) is 44.0 cm³/mol. The van der Waals surface area contributed by atoms with Crippen molar-refractivity contribution in [2.24, 2.45) is 0 Å². The normalized spacial score (nSPS) is 11.6. The third-order valence-corrected chi connectivity index (χ3v) is 1.71. The van der Waals surface area contributed by atoms with Crippen molar-refractivity contribution in [3.8, 4) is 0 Å². The average molecular weight is 204 g/mol. The van der Waals surface area contributed by atoms with Gasteiger partial charge in [0.05, 0.1) is 0 Å². The van der Waals surface area contributed by atoms with Gasteiger partial charge in [0.15, 0.2) is 0 Å². The zero-order chi connectivity index (χ0) is 10.8. The molecule has 0 aromatic carbocycles. The maximum Gasteiger partial charge on any atom is 0.309 e. The van der Waals surface area contributed by atoms with Gasteiger partial charge >= 0.3 is 11.9 Å². The van der Waals surface area contributed by atoms with Crippen molar-refractivity contribution < 1.29 is 18.7 Å². The summed E-state index contributed by atoms with van der Waals surface area (Å²) in [5, 5.41) is 11.8. The van der Waals surface area contributed by atoms with E-state index in [0.717, 1.165) is 6.07 Å². The van der Waals surface area contributed by atoms with Gasteiger partial charge in [-0.05, 0) is 13.0 Å². The minimum absolute atomic E-state index is 0.475. The summed E-state index contributed by atoms with van der Waals surface area (Å²) >= 11 is 0. The Morgan fingerprint density at radius 2 is 2.36 bits per heavy atom. The zero-order valence-corrected chi connectivity index (χ0v) is 7.57. The van der Waals surface area contributed by atoms with Crippen LogP contribution in [0.1, 0.15) is 19.0 Å². The minimum Gasteiger partial charge on any atom is -0.481 e. The number of carbonyl (C=O) groups is 1. The molecule has 1 heterocycles. The number of alkyl halides is 2. The fourth-order valence-electron chi connectivity index (χ4n) is 1.01. The Bertz CT molecular complexity index is 336. The molecular formula is C8H10F2N2O2. The number of aliphatic carboxylic acids is 1. The van der Waals surface area contributed by atoms with Crippen LogP contribution in [0.15, 0.2) is 12.3 Å². The van der Waals surface area contributed by atoms with Gasteiger partial charge in [-0.15, -0.1) is 0 Å². The number of rotatable bonds is 4. The largest absolute Gasteiger partial charge is 0.481 e. The molecule has 0 aliphatic carbocycles. The molecule has 1 aromatic rings. The predicted octanol–water partition coefficient (Wildman–Crippen LogP) is 1.47. The molecule has 0 amide bonds. The lowest BCUT2D eigenvalue weighted by atomic mass is 10.2. The molecule has 1 aromatic heterocycles. The molecule has 0 spiro atoms. The molecule has 0 unspecified atom stereocenters. The summed E-state index contributed by atoms with van der Waals surface area (Å²) in [5.41, 5.74) is -0.498. The van der Waals surface area contributed by atoms with Gasteiger partial charge in [0.1, 0.15) is 12.1 Å². The van der Waals surface area contributed by atoms with Crippen molar-refractivity contribution in [2.45, 2.75) is 25.8 Å². The first-order valence-corrected chi connectivity index (χ1v) is 4.09. The topological polar surface area (TPSA) is 55.1 Å². The second-order valence-corrected chi connectivity index (χ2v) is 2.83. The van der Waals surface area contributed by atoms with Crippen LogP contribution in [0.5, 0.6) is 0 Å². The van der Waals surface area contributed by atoms with Crippen LogP contribution in [-0.4, -0.2) is 20.9 Å². The molecule has 0 saturated heterocycles. The van der Waals surface area contributed by atoms with Crippen molar-refractivity contribution in [1.29, 1.82) is 0 Å². The van der Waals surface area contributed by atoms with E-state index in [4.69, 9.17) is 5.11 Å². The highest BCUT2D eigenvalue weighted by Crippen LogP contribution is 2.29. The van der Waals surface area contributed by atoms with Crippen molar-refractivity contribution in [3.63, 3.8) is 0 Å². The third-order valence-electron chi connectivity index (χ3n) is 1.71. The Hall–Kier alpha value is -1.46. The van der Waals surface area contributed by atoms with Crippen LogP contribution in [0.4, 0.5) is 8.78 Å². The van der Waals surface area contributed by atoms with Crippen LogP contribution in [0.3, 0.4) is 0 Å². The highest BCUT2D eigenvalue weighted by molar-refractivity contribution is 5.68.